The van der Waals surface area contributed by atoms with Gasteiger partial charge in [0.25, 0.3) is 0 Å². The summed E-state index contributed by atoms with van der Waals surface area (Å²) >= 11 is 0. The Bertz CT molecular complexity index is 683. The summed E-state index contributed by atoms with van der Waals surface area (Å²) in [4.78, 5) is 0.245. The maximum absolute atomic E-state index is 12.2. The normalized spacial score (nSPS) is 11.8. The van der Waals surface area contributed by atoms with Gasteiger partial charge in [-0.2, -0.15) is 0 Å². The average molecular weight is 279 g/mol. The largest absolute Gasteiger partial charge is 0.398 e. The molecule has 0 radical (unpaired) electrons. The summed E-state index contributed by atoms with van der Waals surface area (Å²) in [7, 11) is -3.54. The van der Waals surface area contributed by atoms with Crippen molar-refractivity contribution in [1.29, 1.82) is 0 Å². The van der Waals surface area contributed by atoms with Crippen LogP contribution in [0.5, 0.6) is 0 Å². The molecule has 0 heterocycles. The molecule has 0 aliphatic heterocycles. The molecule has 0 saturated heterocycles. The molecule has 5 N–H and O–H groups in total. The van der Waals surface area contributed by atoms with Crippen LogP contribution < -0.4 is 16.2 Å². The van der Waals surface area contributed by atoms with Crippen molar-refractivity contribution in [3.05, 3.63) is 36.4 Å². The number of anilines is 1. The number of hydrogen-bond donors (Lipinski definition) is 3. The summed E-state index contributed by atoms with van der Waals surface area (Å²) < 4.78 is 27.0. The van der Waals surface area contributed by atoms with Gasteiger partial charge in [0.05, 0.1) is 4.90 Å². The smallest absolute Gasteiger partial charge is 0.241 e. The van der Waals surface area contributed by atoms with Crippen molar-refractivity contribution in [2.24, 2.45) is 5.73 Å². The van der Waals surface area contributed by atoms with Crippen LogP contribution in [-0.2, 0) is 10.0 Å². The molecule has 6 heteroatoms. The zero-order valence-electron chi connectivity index (χ0n) is 10.5. The van der Waals surface area contributed by atoms with Crippen LogP contribution in [0.1, 0.15) is 6.42 Å². The fourth-order valence-corrected chi connectivity index (χ4v) is 3.20. The molecule has 0 amide bonds. The van der Waals surface area contributed by atoms with Crippen molar-refractivity contribution in [3.8, 4) is 0 Å². The Labute approximate surface area is 112 Å². The van der Waals surface area contributed by atoms with E-state index in [9.17, 15) is 8.42 Å². The molecule has 102 valence electrons. The van der Waals surface area contributed by atoms with Gasteiger partial charge in [0.15, 0.2) is 0 Å². The van der Waals surface area contributed by atoms with Gasteiger partial charge in [-0.05, 0) is 25.1 Å². The number of fused-ring (bicyclic) bond motifs is 1. The highest BCUT2D eigenvalue weighted by molar-refractivity contribution is 7.89. The monoisotopic (exact) mass is 279 g/mol. The van der Waals surface area contributed by atoms with Gasteiger partial charge in [-0.1, -0.05) is 24.3 Å². The summed E-state index contributed by atoms with van der Waals surface area (Å²) in [5, 5.41) is 1.37. The van der Waals surface area contributed by atoms with E-state index in [2.05, 4.69) is 4.72 Å². The molecule has 0 saturated carbocycles. The van der Waals surface area contributed by atoms with E-state index in [-0.39, 0.29) is 4.90 Å². The van der Waals surface area contributed by atoms with Crippen molar-refractivity contribution in [2.75, 3.05) is 18.8 Å². The van der Waals surface area contributed by atoms with E-state index in [0.29, 0.717) is 30.6 Å². The first kappa shape index (κ1) is 13.8. The van der Waals surface area contributed by atoms with Gasteiger partial charge in [-0.3, -0.25) is 0 Å². The van der Waals surface area contributed by atoms with E-state index < -0.39 is 10.0 Å². The Hall–Kier alpha value is -1.63. The SMILES string of the molecule is NCCCNS(=O)(=O)c1ccc(N)c2ccccc12. The zero-order chi connectivity index (χ0) is 13.9. The van der Waals surface area contributed by atoms with Crippen LogP contribution in [0.2, 0.25) is 0 Å². The van der Waals surface area contributed by atoms with Gasteiger partial charge in [-0.15, -0.1) is 0 Å². The van der Waals surface area contributed by atoms with E-state index in [1.807, 2.05) is 12.1 Å². The standard InChI is InChI=1S/C13H17N3O2S/c14-8-3-9-16-19(17,18)13-7-6-12(15)10-4-1-2-5-11(10)13/h1-2,4-7,16H,3,8-9,14-15H2. The highest BCUT2D eigenvalue weighted by Gasteiger charge is 2.17. The lowest BCUT2D eigenvalue weighted by Gasteiger charge is -2.10. The number of nitrogen functional groups attached to an aromatic ring is 1. The van der Waals surface area contributed by atoms with Crippen molar-refractivity contribution in [3.63, 3.8) is 0 Å². The second-order valence-corrected chi connectivity index (χ2v) is 5.97. The van der Waals surface area contributed by atoms with Crippen LogP contribution in [0.4, 0.5) is 5.69 Å². The number of nitrogens with one attached hydrogen (secondary N) is 1. The fraction of sp³-hybridized carbons (Fsp3) is 0.231. The minimum absolute atomic E-state index is 0.245. The van der Waals surface area contributed by atoms with Gasteiger partial charge in [-0.25, -0.2) is 13.1 Å². The first-order chi connectivity index (χ1) is 9.06. The molecule has 0 aromatic heterocycles. The van der Waals surface area contributed by atoms with Crippen LogP contribution in [0.3, 0.4) is 0 Å². The fourth-order valence-electron chi connectivity index (χ4n) is 1.92. The number of nitrogens with two attached hydrogens (primary N) is 2. The Kier molecular flexibility index (Phi) is 4.04. The molecular formula is C13H17N3O2S. The summed E-state index contributed by atoms with van der Waals surface area (Å²) in [6.07, 6.45) is 0.603. The third kappa shape index (κ3) is 2.86. The molecule has 0 aliphatic rings. The summed E-state index contributed by atoms with van der Waals surface area (Å²) in [5.41, 5.74) is 11.8. The third-order valence-electron chi connectivity index (χ3n) is 2.88. The molecule has 5 nitrogen and oxygen atoms in total. The molecule has 0 fully saturated rings. The van der Waals surface area contributed by atoms with Crippen molar-refractivity contribution >= 4 is 26.5 Å². The first-order valence-corrected chi connectivity index (χ1v) is 7.51. The Morgan fingerprint density at radius 1 is 1.05 bits per heavy atom. The van der Waals surface area contributed by atoms with E-state index in [0.717, 1.165) is 5.39 Å². The number of hydrogen-bond acceptors (Lipinski definition) is 4. The van der Waals surface area contributed by atoms with E-state index in [1.165, 1.54) is 6.07 Å². The lowest BCUT2D eigenvalue weighted by molar-refractivity contribution is 0.580. The number of benzene rings is 2. The average Bonchev–Trinajstić information content (AvgIpc) is 2.39. The van der Waals surface area contributed by atoms with Crippen LogP contribution in [0.25, 0.3) is 10.8 Å². The maximum Gasteiger partial charge on any atom is 0.241 e. The molecule has 2 aromatic rings. The van der Waals surface area contributed by atoms with Crippen LogP contribution in [-0.4, -0.2) is 21.5 Å². The molecule has 0 unspecified atom stereocenters. The molecular weight excluding hydrogens is 262 g/mol. The molecule has 0 spiro atoms. The highest BCUT2D eigenvalue weighted by Crippen LogP contribution is 2.27. The summed E-state index contributed by atoms with van der Waals surface area (Å²) in [6, 6.07) is 10.3. The van der Waals surface area contributed by atoms with Gasteiger partial charge < -0.3 is 11.5 Å². The lowest BCUT2D eigenvalue weighted by atomic mass is 10.1. The minimum atomic E-state index is -3.54. The van der Waals surface area contributed by atoms with Crippen LogP contribution in [0.15, 0.2) is 41.3 Å². The second-order valence-electron chi connectivity index (χ2n) is 4.24. The van der Waals surface area contributed by atoms with Gasteiger partial charge >= 0.3 is 0 Å². The van der Waals surface area contributed by atoms with E-state index >= 15 is 0 Å². The number of rotatable bonds is 5. The molecule has 2 aromatic carbocycles. The number of sulfonamides is 1. The van der Waals surface area contributed by atoms with Crippen LogP contribution in [0, 0.1) is 0 Å². The van der Waals surface area contributed by atoms with Crippen molar-refractivity contribution in [1.82, 2.24) is 4.72 Å². The van der Waals surface area contributed by atoms with Gasteiger partial charge in [0.2, 0.25) is 10.0 Å². The van der Waals surface area contributed by atoms with Gasteiger partial charge in [0, 0.05) is 23.0 Å². The van der Waals surface area contributed by atoms with E-state index in [1.54, 1.807) is 18.2 Å². The van der Waals surface area contributed by atoms with Crippen molar-refractivity contribution in [2.45, 2.75) is 11.3 Å². The summed E-state index contributed by atoms with van der Waals surface area (Å²) in [6.45, 7) is 0.780. The highest BCUT2D eigenvalue weighted by atomic mass is 32.2. The van der Waals surface area contributed by atoms with Crippen LogP contribution >= 0.6 is 0 Å². The molecule has 2 rings (SSSR count). The topological polar surface area (TPSA) is 98.2 Å². The lowest BCUT2D eigenvalue weighted by Crippen LogP contribution is -2.26. The second kappa shape index (κ2) is 5.56. The predicted molar refractivity (Wildman–Crippen MR) is 77.2 cm³/mol. The quantitative estimate of drug-likeness (QED) is 0.563. The Morgan fingerprint density at radius 3 is 2.42 bits per heavy atom. The molecule has 19 heavy (non-hydrogen) atoms. The predicted octanol–water partition coefficient (Wildman–Crippen LogP) is 1.05. The molecule has 0 bridgehead atoms. The summed E-state index contributed by atoms with van der Waals surface area (Å²) in [5.74, 6) is 0. The Morgan fingerprint density at radius 2 is 1.74 bits per heavy atom. The first-order valence-electron chi connectivity index (χ1n) is 6.03. The molecule has 0 atom stereocenters. The van der Waals surface area contributed by atoms with Gasteiger partial charge in [0.1, 0.15) is 0 Å². The third-order valence-corrected chi connectivity index (χ3v) is 4.40. The zero-order valence-corrected chi connectivity index (χ0v) is 11.3. The van der Waals surface area contributed by atoms with E-state index in [4.69, 9.17) is 11.5 Å². The Balaban J connectivity index is 2.48. The minimum Gasteiger partial charge on any atom is -0.398 e. The van der Waals surface area contributed by atoms with Crippen molar-refractivity contribution < 1.29 is 8.42 Å². The molecule has 0 aliphatic carbocycles. The maximum atomic E-state index is 12.2.